The molecule has 22 heavy (non-hydrogen) atoms. The van der Waals surface area contributed by atoms with Gasteiger partial charge < -0.3 is 14.8 Å². The number of ether oxygens (including phenoxy) is 2. The van der Waals surface area contributed by atoms with Gasteiger partial charge in [-0.3, -0.25) is 4.79 Å². The highest BCUT2D eigenvalue weighted by atomic mass is 19.4. The van der Waals surface area contributed by atoms with Crippen LogP contribution in [0.3, 0.4) is 0 Å². The minimum atomic E-state index is -4.52. The van der Waals surface area contributed by atoms with Crippen molar-refractivity contribution in [2.24, 2.45) is 0 Å². The summed E-state index contributed by atoms with van der Waals surface area (Å²) in [6, 6.07) is 9.23. The topological polar surface area (TPSA) is 47.6 Å². The fraction of sp³-hybridized carbons (Fsp3) is 0.133. The van der Waals surface area contributed by atoms with E-state index in [1.54, 1.807) is 24.3 Å². The average molecular weight is 310 g/mol. The Hall–Kier alpha value is -2.70. The van der Waals surface area contributed by atoms with E-state index in [1.807, 2.05) is 0 Å². The molecule has 2 rings (SSSR count). The predicted octanol–water partition coefficient (Wildman–Crippen LogP) is 3.99. The van der Waals surface area contributed by atoms with Crippen LogP contribution in [0.1, 0.15) is 5.56 Å². The van der Waals surface area contributed by atoms with Crippen LogP contribution in [0.4, 0.5) is 18.9 Å². The molecular formula is C15H11F3NO3. The van der Waals surface area contributed by atoms with Crippen molar-refractivity contribution in [3.05, 3.63) is 48.0 Å². The lowest BCUT2D eigenvalue weighted by atomic mass is 10.2. The molecule has 4 nitrogen and oxygen atoms in total. The predicted molar refractivity (Wildman–Crippen MR) is 73.8 cm³/mol. The van der Waals surface area contributed by atoms with Gasteiger partial charge in [-0.2, -0.15) is 13.2 Å². The molecule has 7 heteroatoms. The van der Waals surface area contributed by atoms with Crippen LogP contribution in [0.15, 0.2) is 42.5 Å². The van der Waals surface area contributed by atoms with Gasteiger partial charge in [0.2, 0.25) is 0 Å². The Kier molecular flexibility index (Phi) is 4.55. The molecule has 1 radical (unpaired) electrons. The van der Waals surface area contributed by atoms with E-state index in [0.29, 0.717) is 11.5 Å². The Balaban J connectivity index is 2.30. The summed E-state index contributed by atoms with van der Waals surface area (Å²) in [6.45, 7) is 0. The van der Waals surface area contributed by atoms with Crippen molar-refractivity contribution >= 4 is 12.1 Å². The van der Waals surface area contributed by atoms with Crippen LogP contribution in [-0.4, -0.2) is 13.5 Å². The van der Waals surface area contributed by atoms with Gasteiger partial charge >= 0.3 is 12.6 Å². The van der Waals surface area contributed by atoms with E-state index in [9.17, 15) is 18.0 Å². The molecule has 0 saturated heterocycles. The molecule has 1 amide bonds. The molecule has 115 valence electrons. The Morgan fingerprint density at radius 1 is 1.05 bits per heavy atom. The number of anilines is 1. The minimum absolute atomic E-state index is 0.0708. The monoisotopic (exact) mass is 310 g/mol. The van der Waals surface area contributed by atoms with E-state index in [0.717, 1.165) is 18.2 Å². The van der Waals surface area contributed by atoms with Gasteiger partial charge in [0, 0.05) is 0 Å². The zero-order chi connectivity index (χ0) is 16.2. The van der Waals surface area contributed by atoms with Gasteiger partial charge in [0.25, 0.3) is 0 Å². The average Bonchev–Trinajstić information content (AvgIpc) is 2.49. The van der Waals surface area contributed by atoms with Crippen molar-refractivity contribution in [3.8, 4) is 17.2 Å². The van der Waals surface area contributed by atoms with Crippen molar-refractivity contribution in [3.63, 3.8) is 0 Å². The van der Waals surface area contributed by atoms with E-state index in [4.69, 9.17) is 9.47 Å². The fourth-order valence-corrected chi connectivity index (χ4v) is 1.72. The third-order valence-corrected chi connectivity index (χ3v) is 2.78. The van der Waals surface area contributed by atoms with Gasteiger partial charge in [-0.05, 0) is 42.5 Å². The quantitative estimate of drug-likeness (QED) is 0.850. The summed E-state index contributed by atoms with van der Waals surface area (Å²) in [5, 5.41) is 2.08. The maximum absolute atomic E-state index is 12.7. The molecule has 0 bridgehead atoms. The maximum Gasteiger partial charge on any atom is 0.416 e. The molecule has 0 aliphatic rings. The van der Waals surface area contributed by atoms with Crippen LogP contribution in [0.25, 0.3) is 0 Å². The standard InChI is InChI=1S/C15H11F3NO3/c1-21-11-3-5-12(6-4-11)22-14-7-2-10(15(16,17)18)8-13(14)19-9-20/h2-8H,1H3,(H,19,20). The van der Waals surface area contributed by atoms with Crippen molar-refractivity contribution in [1.29, 1.82) is 0 Å². The van der Waals surface area contributed by atoms with Gasteiger partial charge in [0.15, 0.2) is 5.75 Å². The lowest BCUT2D eigenvalue weighted by Crippen LogP contribution is -2.06. The van der Waals surface area contributed by atoms with Crippen molar-refractivity contribution in [1.82, 2.24) is 0 Å². The highest BCUT2D eigenvalue weighted by molar-refractivity contribution is 5.76. The lowest BCUT2D eigenvalue weighted by molar-refractivity contribution is -0.137. The number of hydrogen-bond donors (Lipinski definition) is 1. The van der Waals surface area contributed by atoms with Gasteiger partial charge in [0.1, 0.15) is 11.5 Å². The maximum atomic E-state index is 12.7. The van der Waals surface area contributed by atoms with Crippen LogP contribution < -0.4 is 14.8 Å². The van der Waals surface area contributed by atoms with E-state index >= 15 is 0 Å². The molecule has 0 aromatic heterocycles. The highest BCUT2D eigenvalue weighted by Gasteiger charge is 2.31. The van der Waals surface area contributed by atoms with Gasteiger partial charge in [0.05, 0.1) is 18.4 Å². The number of carbonyl (C=O) groups excluding carboxylic acids is 1. The summed E-state index contributed by atoms with van der Waals surface area (Å²) >= 11 is 0. The van der Waals surface area contributed by atoms with E-state index in [1.165, 1.54) is 13.5 Å². The Bertz CT molecular complexity index is 654. The third kappa shape index (κ3) is 3.69. The second kappa shape index (κ2) is 6.38. The number of benzene rings is 2. The van der Waals surface area contributed by atoms with Crippen LogP contribution in [-0.2, 0) is 11.0 Å². The van der Waals surface area contributed by atoms with Gasteiger partial charge in [-0.25, -0.2) is 0 Å². The van der Waals surface area contributed by atoms with Crippen LogP contribution >= 0.6 is 0 Å². The summed E-state index contributed by atoms with van der Waals surface area (Å²) in [5.41, 5.74) is -1.02. The highest BCUT2D eigenvalue weighted by Crippen LogP contribution is 2.36. The van der Waals surface area contributed by atoms with E-state index < -0.39 is 11.7 Å². The summed E-state index contributed by atoms with van der Waals surface area (Å²) in [7, 11) is 1.51. The molecule has 0 unspecified atom stereocenters. The SMILES string of the molecule is COc1ccc(Oc2ccc(C(F)(F)F)cc2N[C]=O)cc1. The normalized spacial score (nSPS) is 10.9. The first-order chi connectivity index (χ1) is 10.4. The van der Waals surface area contributed by atoms with Crippen LogP contribution in [0.2, 0.25) is 0 Å². The van der Waals surface area contributed by atoms with Crippen LogP contribution in [0.5, 0.6) is 17.2 Å². The van der Waals surface area contributed by atoms with E-state index in [2.05, 4.69) is 5.32 Å². The molecule has 0 spiro atoms. The molecule has 1 N–H and O–H groups in total. The van der Waals surface area contributed by atoms with Crippen molar-refractivity contribution < 1.29 is 27.4 Å². The number of halogens is 3. The molecule has 0 heterocycles. The molecule has 0 aliphatic carbocycles. The van der Waals surface area contributed by atoms with Gasteiger partial charge in [-0.15, -0.1) is 0 Å². The lowest BCUT2D eigenvalue weighted by Gasteiger charge is -2.13. The molecule has 0 fully saturated rings. The molecule has 0 aliphatic heterocycles. The second-order valence-electron chi connectivity index (χ2n) is 4.21. The smallest absolute Gasteiger partial charge is 0.416 e. The second-order valence-corrected chi connectivity index (χ2v) is 4.21. The Morgan fingerprint density at radius 3 is 2.23 bits per heavy atom. The summed E-state index contributed by atoms with van der Waals surface area (Å²) in [6.07, 6.45) is -3.18. The van der Waals surface area contributed by atoms with E-state index in [-0.39, 0.29) is 11.4 Å². The zero-order valence-corrected chi connectivity index (χ0v) is 11.4. The van der Waals surface area contributed by atoms with Crippen molar-refractivity contribution in [2.45, 2.75) is 6.18 Å². The Morgan fingerprint density at radius 2 is 1.68 bits per heavy atom. The van der Waals surface area contributed by atoms with Crippen LogP contribution in [0, 0.1) is 0 Å². The zero-order valence-electron chi connectivity index (χ0n) is 11.4. The summed E-state index contributed by atoms with van der Waals surface area (Å²) < 4.78 is 48.5. The molecule has 0 saturated carbocycles. The first-order valence-corrected chi connectivity index (χ1v) is 6.10. The number of rotatable bonds is 5. The Labute approximate surface area is 124 Å². The number of nitrogens with one attached hydrogen (secondary N) is 1. The van der Waals surface area contributed by atoms with Gasteiger partial charge in [-0.1, -0.05) is 0 Å². The summed E-state index contributed by atoms with van der Waals surface area (Å²) in [5.74, 6) is 1.07. The molecule has 2 aromatic rings. The largest absolute Gasteiger partial charge is 0.497 e. The molecule has 0 atom stereocenters. The number of amides is 1. The molecular weight excluding hydrogens is 299 g/mol. The number of methoxy groups -OCH3 is 1. The first kappa shape index (κ1) is 15.7. The minimum Gasteiger partial charge on any atom is -0.497 e. The molecule has 2 aromatic carbocycles. The third-order valence-electron chi connectivity index (χ3n) is 2.78. The number of alkyl halides is 3. The van der Waals surface area contributed by atoms with Crippen molar-refractivity contribution in [2.75, 3.05) is 12.4 Å². The fourth-order valence-electron chi connectivity index (χ4n) is 1.72. The summed E-state index contributed by atoms with van der Waals surface area (Å²) in [4.78, 5) is 10.4. The first-order valence-electron chi connectivity index (χ1n) is 6.10. The number of hydrogen-bond acceptors (Lipinski definition) is 3.